The molecule has 2 aromatic heterocycles. The second kappa shape index (κ2) is 7.40. The van der Waals surface area contributed by atoms with Gasteiger partial charge in [0.15, 0.2) is 0 Å². The fourth-order valence-electron chi connectivity index (χ4n) is 3.84. The lowest BCUT2D eigenvalue weighted by molar-refractivity contribution is 0.100. The summed E-state index contributed by atoms with van der Waals surface area (Å²) < 4.78 is 1.84. The van der Waals surface area contributed by atoms with Gasteiger partial charge >= 0.3 is 0 Å². The van der Waals surface area contributed by atoms with Crippen LogP contribution in [0.15, 0.2) is 48.8 Å². The lowest BCUT2D eigenvalue weighted by Crippen LogP contribution is -2.37. The molecule has 4 rings (SSSR count). The van der Waals surface area contributed by atoms with Crippen LogP contribution >= 0.6 is 0 Å². The Hall–Kier alpha value is -2.86. The van der Waals surface area contributed by atoms with Gasteiger partial charge in [0.2, 0.25) is 0 Å². The van der Waals surface area contributed by atoms with Crippen molar-refractivity contribution in [3.05, 3.63) is 54.4 Å². The van der Waals surface area contributed by atoms with Crippen LogP contribution in [-0.2, 0) is 0 Å². The van der Waals surface area contributed by atoms with Crippen LogP contribution in [0.25, 0.3) is 16.9 Å². The summed E-state index contributed by atoms with van der Waals surface area (Å²) in [6.07, 6.45) is 6.12. The Bertz CT molecular complexity index is 941. The molecule has 3 aromatic rings. The van der Waals surface area contributed by atoms with Gasteiger partial charge in [0.1, 0.15) is 5.65 Å². The minimum Gasteiger partial charge on any atom is -0.367 e. The maximum absolute atomic E-state index is 11.6. The predicted molar refractivity (Wildman–Crippen MR) is 108 cm³/mol. The normalized spacial score (nSPS) is 16.7. The van der Waals surface area contributed by atoms with E-state index in [1.807, 2.05) is 16.8 Å². The van der Waals surface area contributed by atoms with Gasteiger partial charge in [-0.25, -0.2) is 4.98 Å². The van der Waals surface area contributed by atoms with Crippen LogP contribution in [0.4, 0.5) is 5.69 Å². The Labute approximate surface area is 159 Å². The lowest BCUT2D eigenvalue weighted by atomic mass is 10.1. The fourth-order valence-corrected chi connectivity index (χ4v) is 3.84. The van der Waals surface area contributed by atoms with Gasteiger partial charge in [-0.3, -0.25) is 4.79 Å². The van der Waals surface area contributed by atoms with Crippen LogP contribution in [0.2, 0.25) is 0 Å². The van der Waals surface area contributed by atoms with Crippen molar-refractivity contribution in [3.8, 4) is 11.3 Å². The van der Waals surface area contributed by atoms with Crippen molar-refractivity contribution in [2.75, 3.05) is 24.5 Å². The Morgan fingerprint density at radius 1 is 1.33 bits per heavy atom. The third-order valence-corrected chi connectivity index (χ3v) is 5.18. The van der Waals surface area contributed by atoms with E-state index in [0.29, 0.717) is 17.3 Å². The van der Waals surface area contributed by atoms with Crippen molar-refractivity contribution in [1.29, 1.82) is 0 Å². The summed E-state index contributed by atoms with van der Waals surface area (Å²) in [5.74, 6) is -0.464. The second-order valence-corrected chi connectivity index (χ2v) is 7.03. The average molecular weight is 363 g/mol. The monoisotopic (exact) mass is 363 g/mol. The fraction of sp³-hybridized carbons (Fsp3) is 0.333. The molecule has 3 N–H and O–H groups in total. The summed E-state index contributed by atoms with van der Waals surface area (Å²) in [4.78, 5) is 18.8. The maximum atomic E-state index is 11.6. The molecule has 0 aliphatic carbocycles. The smallest absolute Gasteiger partial charge is 0.252 e. The van der Waals surface area contributed by atoms with Gasteiger partial charge < -0.3 is 20.4 Å². The number of carbonyl (C=O) groups is 1. The number of hydrogen-bond donors (Lipinski definition) is 2. The van der Waals surface area contributed by atoms with Crippen LogP contribution in [0.3, 0.4) is 0 Å². The molecule has 6 heteroatoms. The molecule has 1 atom stereocenters. The third kappa shape index (κ3) is 3.40. The van der Waals surface area contributed by atoms with Gasteiger partial charge in [-0.2, -0.15) is 0 Å². The summed E-state index contributed by atoms with van der Waals surface area (Å²) in [5, 5.41) is 3.46. The third-order valence-electron chi connectivity index (χ3n) is 5.18. The van der Waals surface area contributed by atoms with Crippen molar-refractivity contribution in [2.24, 2.45) is 5.73 Å². The number of nitrogens with zero attached hydrogens (tertiary/aromatic N) is 3. The summed E-state index contributed by atoms with van der Waals surface area (Å²) >= 11 is 0. The number of nitrogens with one attached hydrogen (secondary N) is 1. The number of amides is 1. The molecular weight excluding hydrogens is 338 g/mol. The molecule has 1 fully saturated rings. The summed E-state index contributed by atoms with van der Waals surface area (Å²) in [7, 11) is 0. The van der Waals surface area contributed by atoms with E-state index in [2.05, 4.69) is 46.4 Å². The zero-order valence-corrected chi connectivity index (χ0v) is 15.6. The topological polar surface area (TPSA) is 75.7 Å². The maximum Gasteiger partial charge on any atom is 0.252 e. The van der Waals surface area contributed by atoms with Gasteiger partial charge in [0.05, 0.1) is 11.3 Å². The van der Waals surface area contributed by atoms with E-state index in [4.69, 9.17) is 5.73 Å². The number of nitrogens with two attached hydrogens (primary N) is 1. The molecule has 0 saturated carbocycles. The lowest BCUT2D eigenvalue weighted by Gasteiger charge is -2.30. The number of fused-ring (bicyclic) bond motifs is 1. The Balaban J connectivity index is 1.64. The van der Waals surface area contributed by atoms with Crippen LogP contribution < -0.4 is 16.0 Å². The molecule has 1 aromatic carbocycles. The van der Waals surface area contributed by atoms with E-state index >= 15 is 0 Å². The molecule has 1 unspecified atom stereocenters. The van der Waals surface area contributed by atoms with E-state index in [1.165, 1.54) is 12.1 Å². The Morgan fingerprint density at radius 3 is 2.81 bits per heavy atom. The quantitative estimate of drug-likeness (QED) is 0.706. The number of carbonyl (C=O) groups excluding carboxylic acids is 1. The van der Waals surface area contributed by atoms with Crippen molar-refractivity contribution in [1.82, 2.24) is 14.7 Å². The van der Waals surface area contributed by atoms with Gasteiger partial charge in [0.25, 0.3) is 5.91 Å². The van der Waals surface area contributed by atoms with Gasteiger partial charge in [-0.05, 0) is 43.7 Å². The molecule has 0 radical (unpaired) electrons. The highest BCUT2D eigenvalue weighted by Crippen LogP contribution is 2.26. The van der Waals surface area contributed by atoms with Crippen LogP contribution in [0.1, 0.15) is 30.1 Å². The number of benzene rings is 1. The highest BCUT2D eigenvalue weighted by Gasteiger charge is 2.22. The minimum atomic E-state index is -0.464. The van der Waals surface area contributed by atoms with E-state index in [1.54, 1.807) is 12.1 Å². The van der Waals surface area contributed by atoms with E-state index in [0.717, 1.165) is 37.3 Å². The summed E-state index contributed by atoms with van der Waals surface area (Å²) in [6, 6.07) is 12.6. The molecule has 0 spiro atoms. The number of rotatable bonds is 6. The highest BCUT2D eigenvalue weighted by atomic mass is 16.1. The first kappa shape index (κ1) is 17.5. The number of anilines is 1. The molecule has 1 saturated heterocycles. The molecule has 1 aliphatic heterocycles. The van der Waals surface area contributed by atoms with Crippen molar-refractivity contribution in [2.45, 2.75) is 25.8 Å². The highest BCUT2D eigenvalue weighted by molar-refractivity contribution is 5.98. The van der Waals surface area contributed by atoms with E-state index < -0.39 is 5.91 Å². The Morgan fingerprint density at radius 2 is 2.15 bits per heavy atom. The average Bonchev–Trinajstić information content (AvgIpc) is 3.35. The van der Waals surface area contributed by atoms with Crippen LogP contribution in [0, 0.1) is 0 Å². The molecule has 1 amide bonds. The number of imidazole rings is 1. The van der Waals surface area contributed by atoms with Gasteiger partial charge in [-0.1, -0.05) is 19.1 Å². The molecule has 3 heterocycles. The predicted octanol–water partition coefficient (Wildman–Crippen LogP) is 2.68. The molecule has 27 heavy (non-hydrogen) atoms. The van der Waals surface area contributed by atoms with Crippen LogP contribution in [-0.4, -0.2) is 41.0 Å². The summed E-state index contributed by atoms with van der Waals surface area (Å²) in [6.45, 7) is 5.41. The zero-order chi connectivity index (χ0) is 18.8. The SMILES string of the molecule is CCCN(c1ccc(-c2cn3cccc(C(N)=O)c3n2)cc1)C1CCNC1. The largest absolute Gasteiger partial charge is 0.367 e. The molecular formula is C21H25N5O. The number of primary amides is 1. The zero-order valence-electron chi connectivity index (χ0n) is 15.6. The first-order valence-corrected chi connectivity index (χ1v) is 9.52. The van der Waals surface area contributed by atoms with Gasteiger partial charge in [0, 0.05) is 42.8 Å². The van der Waals surface area contributed by atoms with Crippen molar-refractivity contribution in [3.63, 3.8) is 0 Å². The number of aromatic nitrogens is 2. The number of hydrogen-bond acceptors (Lipinski definition) is 4. The van der Waals surface area contributed by atoms with Crippen molar-refractivity contribution >= 4 is 17.2 Å². The van der Waals surface area contributed by atoms with Crippen molar-refractivity contribution < 1.29 is 4.79 Å². The Kier molecular flexibility index (Phi) is 4.81. The summed E-state index contributed by atoms with van der Waals surface area (Å²) in [5.41, 5.74) is 9.60. The second-order valence-electron chi connectivity index (χ2n) is 7.03. The molecule has 140 valence electrons. The number of pyridine rings is 1. The standard InChI is InChI=1S/C21H25N5O/c1-2-11-26(17-9-10-23-13-17)16-7-5-15(6-8-16)19-14-25-12-3-4-18(20(22)27)21(25)24-19/h3-8,12,14,17,23H,2,9-11,13H2,1H3,(H2,22,27). The first-order chi connectivity index (χ1) is 13.2. The van der Waals surface area contributed by atoms with Gasteiger partial charge in [-0.15, -0.1) is 0 Å². The van der Waals surface area contributed by atoms with E-state index in [9.17, 15) is 4.79 Å². The van der Waals surface area contributed by atoms with E-state index in [-0.39, 0.29) is 0 Å². The molecule has 1 aliphatic rings. The first-order valence-electron chi connectivity index (χ1n) is 9.52. The van der Waals surface area contributed by atoms with Crippen LogP contribution in [0.5, 0.6) is 0 Å². The molecule has 0 bridgehead atoms. The minimum absolute atomic E-state index is 0.434. The molecule has 6 nitrogen and oxygen atoms in total.